The molecule has 1 fully saturated rings. The van der Waals surface area contributed by atoms with Crippen LogP contribution in [0.15, 0.2) is 30.3 Å². The Morgan fingerprint density at radius 3 is 2.42 bits per heavy atom. The van der Waals surface area contributed by atoms with Crippen LogP contribution in [-0.2, 0) is 0 Å². The van der Waals surface area contributed by atoms with Gasteiger partial charge in [0.05, 0.1) is 0 Å². The normalized spacial score (nSPS) is 22.9. The van der Waals surface area contributed by atoms with Crippen LogP contribution in [-0.4, -0.2) is 41.9 Å². The lowest BCUT2D eigenvalue weighted by Crippen LogP contribution is -2.58. The molecule has 0 aliphatic carbocycles. The Bertz CT molecular complexity index is 450. The van der Waals surface area contributed by atoms with Crippen molar-refractivity contribution in [2.45, 2.75) is 25.9 Å². The van der Waals surface area contributed by atoms with Crippen molar-refractivity contribution in [3.63, 3.8) is 0 Å². The number of rotatable bonds is 1. The number of nitrogens with zero attached hydrogens (tertiary/aromatic N) is 1. The van der Waals surface area contributed by atoms with Gasteiger partial charge < -0.3 is 10.2 Å². The standard InChI is InChI=1S/C14H20N4O/c1-10-8-18(9-11(2)16-10)14(15)17-13(19)12-6-4-3-5-7-12/h3-7,10-11,16H,8-9H2,1-2H3,(H2,15,17,19). The molecule has 102 valence electrons. The second-order valence-electron chi connectivity index (χ2n) is 5.04. The molecule has 1 saturated heterocycles. The van der Waals surface area contributed by atoms with Crippen molar-refractivity contribution in [1.82, 2.24) is 15.5 Å². The number of guanidine groups is 1. The van der Waals surface area contributed by atoms with Gasteiger partial charge in [-0.3, -0.25) is 15.5 Å². The Labute approximate surface area is 113 Å². The van der Waals surface area contributed by atoms with Crippen LogP contribution < -0.4 is 10.6 Å². The van der Waals surface area contributed by atoms with Gasteiger partial charge >= 0.3 is 0 Å². The molecule has 2 rings (SSSR count). The van der Waals surface area contributed by atoms with Gasteiger partial charge in [-0.25, -0.2) is 0 Å². The first-order valence-electron chi connectivity index (χ1n) is 6.52. The Hall–Kier alpha value is -1.88. The van der Waals surface area contributed by atoms with Gasteiger partial charge in [-0.2, -0.15) is 0 Å². The average Bonchev–Trinajstić information content (AvgIpc) is 2.38. The van der Waals surface area contributed by atoms with E-state index >= 15 is 0 Å². The Balaban J connectivity index is 1.96. The maximum Gasteiger partial charge on any atom is 0.257 e. The largest absolute Gasteiger partial charge is 0.340 e. The highest BCUT2D eigenvalue weighted by Gasteiger charge is 2.23. The molecule has 1 heterocycles. The van der Waals surface area contributed by atoms with E-state index in [2.05, 4.69) is 24.5 Å². The molecule has 1 aliphatic rings. The van der Waals surface area contributed by atoms with E-state index in [-0.39, 0.29) is 11.9 Å². The van der Waals surface area contributed by atoms with Crippen molar-refractivity contribution in [1.29, 1.82) is 5.41 Å². The van der Waals surface area contributed by atoms with Crippen molar-refractivity contribution in [2.75, 3.05) is 13.1 Å². The maximum atomic E-state index is 12.0. The second kappa shape index (κ2) is 5.84. The summed E-state index contributed by atoms with van der Waals surface area (Å²) in [5.74, 6) is -0.0570. The first-order chi connectivity index (χ1) is 9.06. The zero-order valence-corrected chi connectivity index (χ0v) is 11.3. The number of hydrogen-bond acceptors (Lipinski definition) is 3. The summed E-state index contributed by atoms with van der Waals surface area (Å²) in [6, 6.07) is 9.61. The number of hydrogen-bond donors (Lipinski definition) is 3. The number of piperazine rings is 1. The van der Waals surface area contributed by atoms with Gasteiger partial charge in [0.15, 0.2) is 5.96 Å². The fraction of sp³-hybridized carbons (Fsp3) is 0.429. The van der Waals surface area contributed by atoms with Crippen molar-refractivity contribution >= 4 is 11.9 Å². The molecule has 0 aromatic heterocycles. The van der Waals surface area contributed by atoms with E-state index in [1.54, 1.807) is 12.1 Å². The summed E-state index contributed by atoms with van der Waals surface area (Å²) in [5.41, 5.74) is 0.573. The maximum absolute atomic E-state index is 12.0. The number of carbonyl (C=O) groups is 1. The Kier molecular flexibility index (Phi) is 4.16. The molecule has 1 aliphatic heterocycles. The minimum Gasteiger partial charge on any atom is -0.340 e. The summed E-state index contributed by atoms with van der Waals surface area (Å²) in [4.78, 5) is 13.9. The molecule has 3 N–H and O–H groups in total. The lowest BCUT2D eigenvalue weighted by atomic mass is 10.1. The molecule has 5 nitrogen and oxygen atoms in total. The Morgan fingerprint density at radius 1 is 1.26 bits per heavy atom. The van der Waals surface area contributed by atoms with E-state index in [1.807, 2.05) is 23.1 Å². The fourth-order valence-electron chi connectivity index (χ4n) is 2.36. The van der Waals surface area contributed by atoms with Crippen LogP contribution in [0, 0.1) is 5.41 Å². The predicted octanol–water partition coefficient (Wildman–Crippen LogP) is 1.03. The van der Waals surface area contributed by atoms with Crippen molar-refractivity contribution in [2.24, 2.45) is 0 Å². The van der Waals surface area contributed by atoms with Crippen LogP contribution in [0.25, 0.3) is 0 Å². The van der Waals surface area contributed by atoms with Crippen molar-refractivity contribution in [3.8, 4) is 0 Å². The lowest BCUT2D eigenvalue weighted by molar-refractivity contribution is 0.0969. The van der Waals surface area contributed by atoms with Crippen LogP contribution in [0.4, 0.5) is 0 Å². The molecule has 1 aromatic rings. The highest BCUT2D eigenvalue weighted by molar-refractivity contribution is 6.04. The van der Waals surface area contributed by atoms with Gasteiger partial charge in [-0.05, 0) is 26.0 Å². The highest BCUT2D eigenvalue weighted by atomic mass is 16.1. The number of carbonyl (C=O) groups excluding carboxylic acids is 1. The van der Waals surface area contributed by atoms with Gasteiger partial charge in [-0.15, -0.1) is 0 Å². The van der Waals surface area contributed by atoms with Gasteiger partial charge in [0.2, 0.25) is 0 Å². The highest BCUT2D eigenvalue weighted by Crippen LogP contribution is 2.04. The number of amides is 1. The quantitative estimate of drug-likeness (QED) is 0.522. The molecule has 1 aromatic carbocycles. The van der Waals surface area contributed by atoms with Crippen LogP contribution in [0.1, 0.15) is 24.2 Å². The first kappa shape index (κ1) is 13.5. The summed E-state index contributed by atoms with van der Waals surface area (Å²) in [6.45, 7) is 5.63. The molecule has 19 heavy (non-hydrogen) atoms. The fourth-order valence-corrected chi connectivity index (χ4v) is 2.36. The number of benzene rings is 1. The summed E-state index contributed by atoms with van der Waals surface area (Å²) in [6.07, 6.45) is 0. The molecule has 2 atom stereocenters. The van der Waals surface area contributed by atoms with E-state index < -0.39 is 0 Å². The second-order valence-corrected chi connectivity index (χ2v) is 5.04. The van der Waals surface area contributed by atoms with Crippen molar-refractivity contribution in [3.05, 3.63) is 35.9 Å². The minimum atomic E-state index is -0.232. The molecule has 0 radical (unpaired) electrons. The van der Waals surface area contributed by atoms with E-state index in [1.165, 1.54) is 0 Å². The molecule has 0 bridgehead atoms. The number of nitrogens with one attached hydrogen (secondary N) is 3. The van der Waals surface area contributed by atoms with E-state index in [9.17, 15) is 4.79 Å². The van der Waals surface area contributed by atoms with Crippen LogP contribution in [0.3, 0.4) is 0 Å². The molecular formula is C14H20N4O. The average molecular weight is 260 g/mol. The van der Waals surface area contributed by atoms with Crippen LogP contribution >= 0.6 is 0 Å². The molecule has 0 saturated carbocycles. The molecule has 1 amide bonds. The summed E-state index contributed by atoms with van der Waals surface area (Å²) >= 11 is 0. The first-order valence-corrected chi connectivity index (χ1v) is 6.52. The summed E-state index contributed by atoms with van der Waals surface area (Å²) < 4.78 is 0. The monoisotopic (exact) mass is 260 g/mol. The predicted molar refractivity (Wildman–Crippen MR) is 75.3 cm³/mol. The van der Waals surface area contributed by atoms with Gasteiger partial charge in [0, 0.05) is 30.7 Å². The lowest BCUT2D eigenvalue weighted by Gasteiger charge is -2.37. The molecule has 5 heteroatoms. The smallest absolute Gasteiger partial charge is 0.257 e. The zero-order valence-electron chi connectivity index (χ0n) is 11.3. The van der Waals surface area contributed by atoms with Crippen LogP contribution in [0.2, 0.25) is 0 Å². The van der Waals surface area contributed by atoms with Gasteiger partial charge in [0.25, 0.3) is 5.91 Å². The zero-order chi connectivity index (χ0) is 13.8. The third-order valence-corrected chi connectivity index (χ3v) is 3.14. The Morgan fingerprint density at radius 2 is 1.84 bits per heavy atom. The van der Waals surface area contributed by atoms with Gasteiger partial charge in [-0.1, -0.05) is 18.2 Å². The van der Waals surface area contributed by atoms with Crippen LogP contribution in [0.5, 0.6) is 0 Å². The molecule has 2 unspecified atom stereocenters. The minimum absolute atomic E-state index is 0.175. The third kappa shape index (κ3) is 3.54. The summed E-state index contributed by atoms with van der Waals surface area (Å²) in [7, 11) is 0. The van der Waals surface area contributed by atoms with E-state index in [0.29, 0.717) is 17.6 Å². The van der Waals surface area contributed by atoms with Gasteiger partial charge in [0.1, 0.15) is 0 Å². The summed E-state index contributed by atoms with van der Waals surface area (Å²) in [5, 5.41) is 14.1. The third-order valence-electron chi connectivity index (χ3n) is 3.14. The van der Waals surface area contributed by atoms with E-state index in [4.69, 9.17) is 5.41 Å². The SMILES string of the molecule is CC1CN(C(=N)NC(=O)c2ccccc2)CC(C)N1. The van der Waals surface area contributed by atoms with E-state index in [0.717, 1.165) is 13.1 Å². The molecule has 0 spiro atoms. The molecular weight excluding hydrogens is 240 g/mol. The van der Waals surface area contributed by atoms with Crippen molar-refractivity contribution < 1.29 is 4.79 Å². The topological polar surface area (TPSA) is 68.2 Å².